The molecule has 0 aromatic heterocycles. The molecule has 5 atom stereocenters. The van der Waals surface area contributed by atoms with Gasteiger partial charge in [-0.05, 0) is 0 Å². The van der Waals surface area contributed by atoms with Crippen LogP contribution >= 0.6 is 0 Å². The maximum Gasteiger partial charge on any atom is 0.184 e. The van der Waals surface area contributed by atoms with Gasteiger partial charge in [-0.1, -0.05) is 30.3 Å². The molecular weight excluding hydrogens is 236 g/mol. The van der Waals surface area contributed by atoms with Crippen LogP contribution < -0.4 is 0 Å². The number of ether oxygens (including phenoxy) is 3. The molecule has 2 aliphatic heterocycles. The van der Waals surface area contributed by atoms with E-state index < -0.39 is 18.5 Å². The zero-order chi connectivity index (χ0) is 12.5. The predicted octanol–water partition coefficient (Wildman–Crippen LogP) is 0.221. The zero-order valence-electron chi connectivity index (χ0n) is 9.81. The van der Waals surface area contributed by atoms with Crippen molar-refractivity contribution in [3.63, 3.8) is 0 Å². The third-order valence-electron chi connectivity index (χ3n) is 3.36. The highest BCUT2D eigenvalue weighted by atomic mass is 16.7. The van der Waals surface area contributed by atoms with Crippen LogP contribution in [0.1, 0.15) is 11.9 Å². The molecule has 2 heterocycles. The Morgan fingerprint density at radius 1 is 1.22 bits per heavy atom. The number of rotatable bonds is 3. The summed E-state index contributed by atoms with van der Waals surface area (Å²) in [6.45, 7) is 0.158. The van der Waals surface area contributed by atoms with Crippen molar-refractivity contribution in [3.8, 4) is 0 Å². The molecule has 2 fully saturated rings. The molecule has 1 aromatic rings. The second-order valence-corrected chi connectivity index (χ2v) is 4.57. The maximum absolute atomic E-state index is 9.76. The van der Waals surface area contributed by atoms with Gasteiger partial charge >= 0.3 is 0 Å². The van der Waals surface area contributed by atoms with Crippen LogP contribution in [-0.2, 0) is 14.2 Å². The first-order chi connectivity index (χ1) is 8.79. The van der Waals surface area contributed by atoms with Gasteiger partial charge in [-0.3, -0.25) is 0 Å². The van der Waals surface area contributed by atoms with E-state index in [2.05, 4.69) is 0 Å². The van der Waals surface area contributed by atoms with Crippen molar-refractivity contribution >= 4 is 0 Å². The largest absolute Gasteiger partial charge is 0.394 e. The van der Waals surface area contributed by atoms with Crippen LogP contribution in [0.5, 0.6) is 0 Å². The Bertz CT molecular complexity index is 396. The van der Waals surface area contributed by atoms with Gasteiger partial charge < -0.3 is 24.4 Å². The van der Waals surface area contributed by atoms with Crippen molar-refractivity contribution < 1.29 is 24.4 Å². The molecule has 0 saturated carbocycles. The zero-order valence-corrected chi connectivity index (χ0v) is 9.81. The van der Waals surface area contributed by atoms with Crippen molar-refractivity contribution in [2.45, 2.75) is 30.7 Å². The fraction of sp³-hybridized carbons (Fsp3) is 0.538. The number of hydrogen-bond acceptors (Lipinski definition) is 5. The number of hydrogen-bond donors (Lipinski definition) is 2. The first kappa shape index (κ1) is 12.1. The highest BCUT2D eigenvalue weighted by molar-refractivity contribution is 5.17. The average molecular weight is 252 g/mol. The summed E-state index contributed by atoms with van der Waals surface area (Å²) in [4.78, 5) is 0. The smallest absolute Gasteiger partial charge is 0.184 e. The van der Waals surface area contributed by atoms with E-state index in [4.69, 9.17) is 19.3 Å². The first-order valence-electron chi connectivity index (χ1n) is 6.06. The quantitative estimate of drug-likeness (QED) is 0.805. The Labute approximate surface area is 105 Å². The van der Waals surface area contributed by atoms with Crippen LogP contribution in [0.3, 0.4) is 0 Å². The van der Waals surface area contributed by atoms with Crippen LogP contribution in [0.2, 0.25) is 0 Å². The van der Waals surface area contributed by atoms with Gasteiger partial charge in [0.15, 0.2) is 6.29 Å². The third kappa shape index (κ3) is 2.04. The molecule has 0 radical (unpaired) electrons. The molecular formula is C13H16O5. The lowest BCUT2D eigenvalue weighted by Crippen LogP contribution is -2.62. The van der Waals surface area contributed by atoms with Gasteiger partial charge in [0.2, 0.25) is 0 Å². The Balaban J connectivity index is 1.78. The van der Waals surface area contributed by atoms with Gasteiger partial charge in [-0.25, -0.2) is 0 Å². The van der Waals surface area contributed by atoms with Crippen molar-refractivity contribution in [2.75, 3.05) is 13.2 Å². The molecule has 1 aromatic carbocycles. The van der Waals surface area contributed by atoms with E-state index in [0.717, 1.165) is 5.56 Å². The predicted molar refractivity (Wildman–Crippen MR) is 61.8 cm³/mol. The van der Waals surface area contributed by atoms with Gasteiger partial charge in [-0.2, -0.15) is 0 Å². The van der Waals surface area contributed by atoms with Gasteiger partial charge in [-0.15, -0.1) is 0 Å². The number of aliphatic hydroxyl groups excluding tert-OH is 2. The van der Waals surface area contributed by atoms with E-state index >= 15 is 0 Å². The highest BCUT2D eigenvalue weighted by Crippen LogP contribution is 2.37. The molecule has 2 saturated heterocycles. The van der Waals surface area contributed by atoms with Crippen LogP contribution in [0.4, 0.5) is 0 Å². The molecule has 0 bridgehead atoms. The summed E-state index contributed by atoms with van der Waals surface area (Å²) in [6.07, 6.45) is -2.37. The van der Waals surface area contributed by atoms with E-state index in [1.807, 2.05) is 30.3 Å². The molecule has 0 spiro atoms. The Kier molecular flexibility index (Phi) is 3.32. The van der Waals surface area contributed by atoms with E-state index in [0.29, 0.717) is 6.61 Å². The SMILES string of the molecule is OC[C@@H](O)[C@H]1OC(c2ccccc2)O[C@H]2CO[C@@H]12. The molecule has 18 heavy (non-hydrogen) atoms. The molecule has 5 heteroatoms. The lowest BCUT2D eigenvalue weighted by molar-refractivity contribution is -0.364. The summed E-state index contributed by atoms with van der Waals surface area (Å²) in [5.41, 5.74) is 0.901. The Morgan fingerprint density at radius 3 is 2.61 bits per heavy atom. The maximum atomic E-state index is 9.76. The minimum absolute atomic E-state index is 0.0739. The standard InChI is InChI=1S/C13H16O5/c14-6-9(15)11-12-10(7-16-12)17-13(18-11)8-4-2-1-3-5-8/h1-5,9-15H,6-7H2/t9-,10+,11-,12-,13?/m1/s1. The van der Waals surface area contributed by atoms with Crippen molar-refractivity contribution in [2.24, 2.45) is 0 Å². The third-order valence-corrected chi connectivity index (χ3v) is 3.36. The van der Waals surface area contributed by atoms with Gasteiger partial charge in [0.05, 0.1) is 13.2 Å². The second-order valence-electron chi connectivity index (χ2n) is 4.57. The van der Waals surface area contributed by atoms with Crippen LogP contribution in [0, 0.1) is 0 Å². The van der Waals surface area contributed by atoms with Gasteiger partial charge in [0.25, 0.3) is 0 Å². The molecule has 2 N–H and O–H groups in total. The van der Waals surface area contributed by atoms with Crippen LogP contribution in [0.25, 0.3) is 0 Å². The molecule has 98 valence electrons. The molecule has 2 aliphatic rings. The van der Waals surface area contributed by atoms with E-state index in [1.54, 1.807) is 0 Å². The monoisotopic (exact) mass is 252 g/mol. The van der Waals surface area contributed by atoms with E-state index in [9.17, 15) is 5.11 Å². The minimum atomic E-state index is -0.951. The first-order valence-corrected chi connectivity index (χ1v) is 6.06. The summed E-state index contributed by atoms with van der Waals surface area (Å²) in [7, 11) is 0. The lowest BCUT2D eigenvalue weighted by atomic mass is 9.97. The van der Waals surface area contributed by atoms with Crippen LogP contribution in [0.15, 0.2) is 30.3 Å². The molecule has 1 unspecified atom stereocenters. The van der Waals surface area contributed by atoms with Gasteiger partial charge in [0, 0.05) is 5.56 Å². The van der Waals surface area contributed by atoms with Crippen molar-refractivity contribution in [1.29, 1.82) is 0 Å². The normalized spacial score (nSPS) is 36.6. The Morgan fingerprint density at radius 2 is 2.00 bits per heavy atom. The molecule has 0 aliphatic carbocycles. The average Bonchev–Trinajstić information content (AvgIpc) is 2.40. The van der Waals surface area contributed by atoms with E-state index in [-0.39, 0.29) is 18.8 Å². The second kappa shape index (κ2) is 4.95. The van der Waals surface area contributed by atoms with Gasteiger partial charge in [0.1, 0.15) is 24.4 Å². The summed E-state index contributed by atoms with van der Waals surface area (Å²) in [5.74, 6) is 0. The van der Waals surface area contributed by atoms with E-state index in [1.165, 1.54) is 0 Å². The fourth-order valence-electron chi connectivity index (χ4n) is 2.30. The Hall–Kier alpha value is -0.980. The molecule has 3 rings (SSSR count). The fourth-order valence-corrected chi connectivity index (χ4v) is 2.30. The summed E-state index contributed by atoms with van der Waals surface area (Å²) >= 11 is 0. The number of fused-ring (bicyclic) bond motifs is 1. The summed E-state index contributed by atoms with van der Waals surface area (Å²) in [5, 5.41) is 18.8. The number of aliphatic hydroxyl groups is 2. The van der Waals surface area contributed by atoms with Crippen molar-refractivity contribution in [3.05, 3.63) is 35.9 Å². The molecule has 5 nitrogen and oxygen atoms in total. The number of benzene rings is 1. The minimum Gasteiger partial charge on any atom is -0.394 e. The summed E-state index contributed by atoms with van der Waals surface area (Å²) < 4.78 is 16.8. The van der Waals surface area contributed by atoms with Crippen molar-refractivity contribution in [1.82, 2.24) is 0 Å². The topological polar surface area (TPSA) is 68.2 Å². The highest BCUT2D eigenvalue weighted by Gasteiger charge is 2.49. The van der Waals surface area contributed by atoms with Crippen LogP contribution in [-0.4, -0.2) is 47.8 Å². The molecule has 0 amide bonds. The summed E-state index contributed by atoms with van der Waals surface area (Å²) in [6, 6.07) is 9.55. The lowest BCUT2D eigenvalue weighted by Gasteiger charge is -2.48.